The molecule has 25 heavy (non-hydrogen) atoms. The number of nitrogens with one attached hydrogen (secondary N) is 2. The molecule has 0 unspecified atom stereocenters. The molecule has 0 atom stereocenters. The number of carbonyl (C=O) groups excluding carboxylic acids is 1. The fourth-order valence-corrected chi connectivity index (χ4v) is 3.20. The number of likely N-dealkylation sites (tertiary alicyclic amines) is 1. The Balaban J connectivity index is 1.47. The molecule has 6 heteroatoms. The van der Waals surface area contributed by atoms with Gasteiger partial charge in [0.1, 0.15) is 0 Å². The smallest absolute Gasteiger partial charge is 0.222 e. The Morgan fingerprint density at radius 3 is 2.40 bits per heavy atom. The van der Waals surface area contributed by atoms with Gasteiger partial charge in [0.15, 0.2) is 5.11 Å². The summed E-state index contributed by atoms with van der Waals surface area (Å²) in [5, 5.41) is 6.96. The first-order valence-corrected chi connectivity index (χ1v) is 9.46. The van der Waals surface area contributed by atoms with E-state index >= 15 is 0 Å². The molecule has 1 fully saturated rings. The minimum atomic E-state index is 0.259. The summed E-state index contributed by atoms with van der Waals surface area (Å²) in [4.78, 5) is 13.6. The largest absolute Gasteiger partial charge is 0.358 e. The summed E-state index contributed by atoms with van der Waals surface area (Å²) >= 11 is 8.74. The van der Waals surface area contributed by atoms with Crippen molar-refractivity contribution < 1.29 is 4.79 Å². The molecule has 1 aliphatic rings. The number of hydrogen-bond donors (Lipinski definition) is 2. The van der Waals surface area contributed by atoms with Crippen LogP contribution in [-0.4, -0.2) is 22.5 Å². The van der Waals surface area contributed by atoms with Gasteiger partial charge in [0.05, 0.1) is 0 Å². The van der Waals surface area contributed by atoms with Crippen molar-refractivity contribution in [3.8, 4) is 0 Å². The van der Waals surface area contributed by atoms with Crippen LogP contribution in [0.25, 0.3) is 0 Å². The van der Waals surface area contributed by atoms with Gasteiger partial charge in [0.25, 0.3) is 0 Å². The molecular weight excluding hydrogens is 398 g/mol. The van der Waals surface area contributed by atoms with Gasteiger partial charge in [-0.1, -0.05) is 40.2 Å². The summed E-state index contributed by atoms with van der Waals surface area (Å²) in [6, 6.07) is 16.2. The van der Waals surface area contributed by atoms with Gasteiger partial charge < -0.3 is 15.5 Å². The second kappa shape index (κ2) is 8.45. The standard InChI is InChI=1S/C19H20BrN3OS/c20-16-7-9-17(10-8-16)22-19(25)21-12-14-3-5-15(6-4-14)13-23-11-1-2-18(23)24/h3-10H,1-2,11-13H2,(H2,21,22,25). The molecule has 3 rings (SSSR count). The Morgan fingerprint density at radius 1 is 1.08 bits per heavy atom. The lowest BCUT2D eigenvalue weighted by atomic mass is 10.1. The van der Waals surface area contributed by atoms with Crippen molar-refractivity contribution >= 4 is 44.9 Å². The van der Waals surface area contributed by atoms with Crippen LogP contribution in [0.5, 0.6) is 0 Å². The maximum atomic E-state index is 11.7. The van der Waals surface area contributed by atoms with E-state index in [-0.39, 0.29) is 5.91 Å². The molecule has 0 saturated carbocycles. The SMILES string of the molecule is O=C1CCCN1Cc1ccc(CNC(=S)Nc2ccc(Br)cc2)cc1. The first-order valence-electron chi connectivity index (χ1n) is 8.26. The summed E-state index contributed by atoms with van der Waals surface area (Å²) in [6.45, 7) is 2.24. The molecule has 0 radical (unpaired) electrons. The van der Waals surface area contributed by atoms with E-state index in [1.807, 2.05) is 29.2 Å². The molecule has 0 aromatic heterocycles. The van der Waals surface area contributed by atoms with Crippen molar-refractivity contribution in [2.45, 2.75) is 25.9 Å². The monoisotopic (exact) mass is 417 g/mol. The third-order valence-corrected chi connectivity index (χ3v) is 4.90. The molecule has 2 aromatic carbocycles. The van der Waals surface area contributed by atoms with E-state index in [2.05, 4.69) is 50.8 Å². The second-order valence-electron chi connectivity index (χ2n) is 6.05. The van der Waals surface area contributed by atoms with E-state index in [9.17, 15) is 4.79 Å². The third kappa shape index (κ3) is 5.28. The van der Waals surface area contributed by atoms with Crippen LogP contribution in [-0.2, 0) is 17.9 Å². The number of anilines is 1. The van der Waals surface area contributed by atoms with Crippen LogP contribution in [0, 0.1) is 0 Å². The zero-order valence-electron chi connectivity index (χ0n) is 13.8. The molecule has 2 N–H and O–H groups in total. The molecule has 1 saturated heterocycles. The molecule has 0 bridgehead atoms. The van der Waals surface area contributed by atoms with Crippen LogP contribution in [0.1, 0.15) is 24.0 Å². The van der Waals surface area contributed by atoms with E-state index in [1.165, 1.54) is 0 Å². The van der Waals surface area contributed by atoms with Crippen molar-refractivity contribution in [3.05, 3.63) is 64.1 Å². The topological polar surface area (TPSA) is 44.4 Å². The summed E-state index contributed by atoms with van der Waals surface area (Å²) in [7, 11) is 0. The summed E-state index contributed by atoms with van der Waals surface area (Å²) < 4.78 is 1.03. The molecule has 0 aliphatic carbocycles. The van der Waals surface area contributed by atoms with Gasteiger partial charge in [0, 0.05) is 36.2 Å². The van der Waals surface area contributed by atoms with Crippen LogP contribution in [0.4, 0.5) is 5.69 Å². The molecule has 1 heterocycles. The van der Waals surface area contributed by atoms with Crippen LogP contribution >= 0.6 is 28.1 Å². The number of benzene rings is 2. The van der Waals surface area contributed by atoms with E-state index < -0.39 is 0 Å². The van der Waals surface area contributed by atoms with Crippen molar-refractivity contribution in [3.63, 3.8) is 0 Å². The fraction of sp³-hybridized carbons (Fsp3) is 0.263. The van der Waals surface area contributed by atoms with Gasteiger partial charge in [-0.15, -0.1) is 0 Å². The highest BCUT2D eigenvalue weighted by molar-refractivity contribution is 9.10. The number of halogens is 1. The minimum Gasteiger partial charge on any atom is -0.358 e. The number of rotatable bonds is 5. The van der Waals surface area contributed by atoms with Crippen molar-refractivity contribution in [1.29, 1.82) is 0 Å². The van der Waals surface area contributed by atoms with Crippen molar-refractivity contribution in [2.24, 2.45) is 0 Å². The number of amides is 1. The van der Waals surface area contributed by atoms with Gasteiger partial charge in [-0.2, -0.15) is 0 Å². The molecule has 0 spiro atoms. The Labute approximate surface area is 161 Å². The molecule has 1 aliphatic heterocycles. The van der Waals surface area contributed by atoms with Gasteiger partial charge in [-0.3, -0.25) is 4.79 Å². The third-order valence-electron chi connectivity index (χ3n) is 4.12. The van der Waals surface area contributed by atoms with E-state index in [0.29, 0.717) is 24.6 Å². The van der Waals surface area contributed by atoms with Gasteiger partial charge in [-0.25, -0.2) is 0 Å². The molecular formula is C19H20BrN3OS. The normalized spacial score (nSPS) is 13.8. The first-order chi connectivity index (χ1) is 12.1. The maximum Gasteiger partial charge on any atom is 0.222 e. The van der Waals surface area contributed by atoms with Gasteiger partial charge >= 0.3 is 0 Å². The zero-order valence-corrected chi connectivity index (χ0v) is 16.2. The van der Waals surface area contributed by atoms with E-state index in [1.54, 1.807) is 0 Å². The zero-order chi connectivity index (χ0) is 17.6. The lowest BCUT2D eigenvalue weighted by molar-refractivity contribution is -0.128. The van der Waals surface area contributed by atoms with E-state index in [0.717, 1.165) is 34.3 Å². The van der Waals surface area contributed by atoms with Gasteiger partial charge in [-0.05, 0) is 54.0 Å². The predicted octanol–water partition coefficient (Wildman–Crippen LogP) is 4.06. The highest BCUT2D eigenvalue weighted by atomic mass is 79.9. The minimum absolute atomic E-state index is 0.259. The van der Waals surface area contributed by atoms with Crippen molar-refractivity contribution in [1.82, 2.24) is 10.2 Å². The Bertz CT molecular complexity index is 746. The average Bonchev–Trinajstić information content (AvgIpc) is 3.01. The molecule has 2 aromatic rings. The lowest BCUT2D eigenvalue weighted by Gasteiger charge is -2.16. The van der Waals surface area contributed by atoms with Crippen LogP contribution in [0.15, 0.2) is 53.0 Å². The Morgan fingerprint density at radius 2 is 1.76 bits per heavy atom. The quantitative estimate of drug-likeness (QED) is 0.719. The lowest BCUT2D eigenvalue weighted by Crippen LogP contribution is -2.27. The van der Waals surface area contributed by atoms with Crippen LogP contribution < -0.4 is 10.6 Å². The second-order valence-corrected chi connectivity index (χ2v) is 7.37. The fourth-order valence-electron chi connectivity index (χ4n) is 2.74. The van der Waals surface area contributed by atoms with Crippen molar-refractivity contribution in [2.75, 3.05) is 11.9 Å². The van der Waals surface area contributed by atoms with Crippen LogP contribution in [0.3, 0.4) is 0 Å². The first kappa shape index (κ1) is 17.9. The highest BCUT2D eigenvalue weighted by Crippen LogP contribution is 2.15. The molecule has 1 amide bonds. The maximum absolute atomic E-state index is 11.7. The average molecular weight is 418 g/mol. The molecule has 4 nitrogen and oxygen atoms in total. The summed E-state index contributed by atoms with van der Waals surface area (Å²) in [5.74, 6) is 0.259. The Hall–Kier alpha value is -1.92. The number of hydrogen-bond acceptors (Lipinski definition) is 2. The molecule has 130 valence electrons. The van der Waals surface area contributed by atoms with Gasteiger partial charge in [0.2, 0.25) is 5.91 Å². The Kier molecular flexibility index (Phi) is 6.04. The summed E-state index contributed by atoms with van der Waals surface area (Å²) in [6.07, 6.45) is 1.66. The van der Waals surface area contributed by atoms with E-state index in [4.69, 9.17) is 12.2 Å². The highest BCUT2D eigenvalue weighted by Gasteiger charge is 2.19. The number of nitrogens with zero attached hydrogens (tertiary/aromatic N) is 1. The van der Waals surface area contributed by atoms with Crippen LogP contribution in [0.2, 0.25) is 0 Å². The predicted molar refractivity (Wildman–Crippen MR) is 108 cm³/mol. The number of thiocarbonyl (C=S) groups is 1. The summed E-state index contributed by atoms with van der Waals surface area (Å²) in [5.41, 5.74) is 3.26. The number of carbonyl (C=O) groups is 1.